The second-order valence-corrected chi connectivity index (χ2v) is 4.29. The van der Waals surface area contributed by atoms with E-state index < -0.39 is 5.60 Å². The molecule has 0 heterocycles. The molecule has 0 amide bonds. The van der Waals surface area contributed by atoms with Gasteiger partial charge in [0.2, 0.25) is 0 Å². The van der Waals surface area contributed by atoms with E-state index in [1.807, 2.05) is 0 Å². The maximum Gasteiger partial charge on any atom is 2.00 e. The molecule has 1 fully saturated rings. The van der Waals surface area contributed by atoms with E-state index in [9.17, 15) is 5.11 Å². The van der Waals surface area contributed by atoms with Crippen molar-refractivity contribution in [3.8, 4) is 0 Å². The Morgan fingerprint density at radius 2 is 1.57 bits per heavy atom. The van der Waals surface area contributed by atoms with Crippen LogP contribution in [0.4, 0.5) is 0 Å². The summed E-state index contributed by atoms with van der Waals surface area (Å²) in [6.45, 7) is 4.26. The largest absolute Gasteiger partial charge is 2.00 e. The van der Waals surface area contributed by atoms with Crippen molar-refractivity contribution in [1.29, 1.82) is 0 Å². The van der Waals surface area contributed by atoms with Crippen molar-refractivity contribution in [2.45, 2.75) is 64.4 Å². The third-order valence-corrected chi connectivity index (χ3v) is 3.46. The summed E-state index contributed by atoms with van der Waals surface area (Å²) in [5, 5.41) is 12.3. The molecule has 14 heavy (non-hydrogen) atoms. The molecule has 80 valence electrons. The standard InChI is InChI=1S/C11H21O.ClH.Mg/c1-3-10(2)11(12)8-6-4-5-7-9-11;;/h10H,3-9H2,1-2H3;1H;/q-1;;+2/p-1. The molecule has 1 aliphatic rings. The molecule has 0 spiro atoms. The predicted molar refractivity (Wildman–Crippen MR) is 55.6 cm³/mol. The molecular weight excluding hydrogens is 208 g/mol. The Hall–Kier alpha value is 1.02. The van der Waals surface area contributed by atoms with Gasteiger partial charge in [0, 0.05) is 0 Å². The normalized spacial score (nSPS) is 22.5. The van der Waals surface area contributed by atoms with Crippen molar-refractivity contribution in [3.05, 3.63) is 0 Å². The first-order valence-electron chi connectivity index (χ1n) is 5.39. The smallest absolute Gasteiger partial charge is 1.00 e. The number of hydrogen-bond acceptors (Lipinski definition) is 1. The molecule has 1 nitrogen and oxygen atoms in total. The van der Waals surface area contributed by atoms with Gasteiger partial charge in [0.05, 0.1) is 0 Å². The maximum atomic E-state index is 12.3. The average Bonchev–Trinajstić information content (AvgIpc) is 2.29. The van der Waals surface area contributed by atoms with E-state index in [0.717, 1.165) is 32.1 Å². The summed E-state index contributed by atoms with van der Waals surface area (Å²) in [6.07, 6.45) is 7.76. The molecule has 0 aromatic heterocycles. The van der Waals surface area contributed by atoms with Gasteiger partial charge in [-0.1, -0.05) is 64.7 Å². The third kappa shape index (κ3) is 4.69. The van der Waals surface area contributed by atoms with Crippen LogP contribution >= 0.6 is 0 Å². The minimum absolute atomic E-state index is 0. The van der Waals surface area contributed by atoms with Crippen LogP contribution < -0.4 is 17.5 Å². The summed E-state index contributed by atoms with van der Waals surface area (Å²) >= 11 is 0. The van der Waals surface area contributed by atoms with E-state index in [-0.39, 0.29) is 35.5 Å². The van der Waals surface area contributed by atoms with Gasteiger partial charge in [0.15, 0.2) is 0 Å². The first-order valence-corrected chi connectivity index (χ1v) is 5.39. The maximum absolute atomic E-state index is 12.3. The second kappa shape index (κ2) is 8.20. The van der Waals surface area contributed by atoms with E-state index >= 15 is 0 Å². The van der Waals surface area contributed by atoms with Crippen molar-refractivity contribution in [2.24, 2.45) is 5.92 Å². The van der Waals surface area contributed by atoms with Crippen molar-refractivity contribution < 1.29 is 17.5 Å². The van der Waals surface area contributed by atoms with Crippen LogP contribution in [0.1, 0.15) is 58.8 Å². The zero-order chi connectivity index (χ0) is 9.03. The second-order valence-electron chi connectivity index (χ2n) is 4.29. The van der Waals surface area contributed by atoms with Crippen LogP contribution in [-0.4, -0.2) is 28.7 Å². The summed E-state index contributed by atoms with van der Waals surface area (Å²) in [5.74, 6) is 0.371. The van der Waals surface area contributed by atoms with Crippen LogP contribution in [0.3, 0.4) is 0 Å². The van der Waals surface area contributed by atoms with Crippen molar-refractivity contribution >= 4 is 23.1 Å². The molecule has 0 aromatic carbocycles. The van der Waals surface area contributed by atoms with Crippen LogP contribution in [-0.2, 0) is 0 Å². The van der Waals surface area contributed by atoms with Crippen molar-refractivity contribution in [3.63, 3.8) is 0 Å². The fraction of sp³-hybridized carbons (Fsp3) is 1.00. The summed E-state index contributed by atoms with van der Waals surface area (Å²) in [7, 11) is 0. The van der Waals surface area contributed by atoms with Gasteiger partial charge in [0.1, 0.15) is 0 Å². The monoisotopic (exact) mass is 228 g/mol. The summed E-state index contributed by atoms with van der Waals surface area (Å²) < 4.78 is 0. The van der Waals surface area contributed by atoms with Crippen LogP contribution in [0.25, 0.3) is 0 Å². The Morgan fingerprint density at radius 3 is 1.93 bits per heavy atom. The number of halogens is 1. The topological polar surface area (TPSA) is 23.1 Å². The fourth-order valence-electron chi connectivity index (χ4n) is 2.19. The Morgan fingerprint density at radius 1 is 1.14 bits per heavy atom. The van der Waals surface area contributed by atoms with Gasteiger partial charge in [-0.15, -0.1) is 5.60 Å². The van der Waals surface area contributed by atoms with E-state index in [1.54, 1.807) is 0 Å². The van der Waals surface area contributed by atoms with E-state index in [1.165, 1.54) is 12.8 Å². The summed E-state index contributed by atoms with van der Waals surface area (Å²) in [6, 6.07) is 0. The van der Waals surface area contributed by atoms with E-state index in [4.69, 9.17) is 0 Å². The van der Waals surface area contributed by atoms with Gasteiger partial charge in [-0.25, -0.2) is 0 Å². The Labute approximate surface area is 111 Å². The Bertz CT molecular complexity index is 133. The van der Waals surface area contributed by atoms with Gasteiger partial charge in [-0.05, 0) is 0 Å². The van der Waals surface area contributed by atoms with Crippen LogP contribution in [0, 0.1) is 5.92 Å². The molecule has 0 radical (unpaired) electrons. The summed E-state index contributed by atoms with van der Waals surface area (Å²) in [5.41, 5.74) is -0.578. The molecule has 1 unspecified atom stereocenters. The third-order valence-electron chi connectivity index (χ3n) is 3.46. The first kappa shape index (κ1) is 17.4. The molecule has 0 N–H and O–H groups in total. The molecule has 3 heteroatoms. The molecule has 1 aliphatic carbocycles. The van der Waals surface area contributed by atoms with Crippen molar-refractivity contribution in [1.82, 2.24) is 0 Å². The van der Waals surface area contributed by atoms with Gasteiger partial charge in [-0.3, -0.25) is 0 Å². The zero-order valence-electron chi connectivity index (χ0n) is 9.52. The van der Waals surface area contributed by atoms with Crippen LogP contribution in [0.2, 0.25) is 0 Å². The van der Waals surface area contributed by atoms with Crippen molar-refractivity contribution in [2.75, 3.05) is 0 Å². The Kier molecular flexibility index (Phi) is 10.2. The number of rotatable bonds is 2. The molecule has 0 aromatic rings. The molecule has 1 saturated carbocycles. The van der Waals surface area contributed by atoms with E-state index in [2.05, 4.69) is 13.8 Å². The minimum Gasteiger partial charge on any atom is -1.00 e. The van der Waals surface area contributed by atoms with Gasteiger partial charge < -0.3 is 17.5 Å². The molecular formula is C11H21ClMgO. The molecule has 1 atom stereocenters. The Balaban J connectivity index is 0. The molecule has 0 aliphatic heterocycles. The first-order chi connectivity index (χ1) is 5.69. The minimum atomic E-state index is -0.578. The van der Waals surface area contributed by atoms with Gasteiger partial charge in [-0.2, -0.15) is 0 Å². The molecule has 0 bridgehead atoms. The predicted octanol–water partition coefficient (Wildman–Crippen LogP) is -0.891. The summed E-state index contributed by atoms with van der Waals surface area (Å²) in [4.78, 5) is 0. The van der Waals surface area contributed by atoms with Crippen LogP contribution in [0.15, 0.2) is 0 Å². The van der Waals surface area contributed by atoms with E-state index in [0.29, 0.717) is 5.92 Å². The number of hydrogen-bond donors (Lipinski definition) is 0. The van der Waals surface area contributed by atoms with Crippen LogP contribution in [0.5, 0.6) is 0 Å². The van der Waals surface area contributed by atoms with Gasteiger partial charge >= 0.3 is 23.1 Å². The quantitative estimate of drug-likeness (QED) is 0.445. The average molecular weight is 229 g/mol. The fourth-order valence-corrected chi connectivity index (χ4v) is 2.19. The zero-order valence-corrected chi connectivity index (χ0v) is 11.7. The molecule has 1 rings (SSSR count). The molecule has 0 saturated heterocycles. The van der Waals surface area contributed by atoms with Gasteiger partial charge in [0.25, 0.3) is 0 Å². The SMILES string of the molecule is CCC(C)C1([O-])CCCCCC1.[Cl-].[Mg+2].